The molecule has 0 radical (unpaired) electrons. The molecule has 0 saturated carbocycles. The maximum absolute atomic E-state index is 5.99. The fraction of sp³-hybridized carbons (Fsp3) is 0.462. The minimum Gasteiger partial charge on any atom is -0.316 e. The van der Waals surface area contributed by atoms with Gasteiger partial charge in [0, 0.05) is 18.9 Å². The Kier molecular flexibility index (Phi) is 2.70. The molecule has 2 nitrogen and oxygen atoms in total. The van der Waals surface area contributed by atoms with E-state index < -0.39 is 0 Å². The van der Waals surface area contributed by atoms with Gasteiger partial charge >= 0.3 is 0 Å². The molecule has 3 heteroatoms. The van der Waals surface area contributed by atoms with Crippen molar-refractivity contribution in [3.8, 4) is 0 Å². The van der Waals surface area contributed by atoms with Crippen molar-refractivity contribution in [2.75, 3.05) is 13.1 Å². The number of piperidine rings is 1. The Bertz CT molecular complexity index is 428. The smallest absolute Gasteiger partial charge is 0.0595 e. The van der Waals surface area contributed by atoms with Crippen LogP contribution in [0.3, 0.4) is 0 Å². The van der Waals surface area contributed by atoms with Crippen LogP contribution >= 0.6 is 11.6 Å². The Morgan fingerprint density at radius 2 is 2.31 bits per heavy atom. The lowest BCUT2D eigenvalue weighted by Gasteiger charge is -2.28. The van der Waals surface area contributed by atoms with Crippen LogP contribution in [0, 0.1) is 11.8 Å². The van der Waals surface area contributed by atoms with Gasteiger partial charge in [0.1, 0.15) is 0 Å². The van der Waals surface area contributed by atoms with Gasteiger partial charge in [-0.25, -0.2) is 0 Å². The van der Waals surface area contributed by atoms with Gasteiger partial charge in [0.25, 0.3) is 0 Å². The molecule has 1 saturated heterocycles. The average molecular weight is 235 g/mol. The molecule has 1 N–H and O–H groups in total. The predicted octanol–water partition coefficient (Wildman–Crippen LogP) is 2.75. The van der Waals surface area contributed by atoms with Crippen molar-refractivity contribution in [3.63, 3.8) is 0 Å². The molecular weight excluding hydrogens is 220 g/mol. The van der Waals surface area contributed by atoms with E-state index in [1.165, 1.54) is 24.0 Å². The summed E-state index contributed by atoms with van der Waals surface area (Å²) in [5, 5.41) is 4.20. The molecule has 1 aromatic heterocycles. The van der Waals surface area contributed by atoms with Crippen LogP contribution < -0.4 is 5.32 Å². The first kappa shape index (κ1) is 10.3. The van der Waals surface area contributed by atoms with E-state index in [-0.39, 0.29) is 0 Å². The molecule has 0 aromatic carbocycles. The van der Waals surface area contributed by atoms with Crippen LogP contribution in [-0.4, -0.2) is 18.1 Å². The molecule has 0 amide bonds. The van der Waals surface area contributed by atoms with E-state index >= 15 is 0 Å². The Morgan fingerprint density at radius 1 is 1.38 bits per heavy atom. The highest BCUT2D eigenvalue weighted by atomic mass is 35.5. The summed E-state index contributed by atoms with van der Waals surface area (Å²) in [5.74, 6) is 1.49. The highest BCUT2D eigenvalue weighted by molar-refractivity contribution is 6.30. The maximum Gasteiger partial charge on any atom is 0.0595 e. The van der Waals surface area contributed by atoms with E-state index in [0.29, 0.717) is 5.92 Å². The summed E-state index contributed by atoms with van der Waals surface area (Å²) in [6.07, 6.45) is 8.49. The summed E-state index contributed by atoms with van der Waals surface area (Å²) in [4.78, 5) is 4.17. The van der Waals surface area contributed by atoms with Crippen molar-refractivity contribution in [1.82, 2.24) is 10.3 Å². The van der Waals surface area contributed by atoms with Crippen LogP contribution in [0.4, 0.5) is 0 Å². The summed E-state index contributed by atoms with van der Waals surface area (Å²) in [5.41, 5.74) is 2.64. The summed E-state index contributed by atoms with van der Waals surface area (Å²) in [6, 6.07) is 2.03. The van der Waals surface area contributed by atoms with Crippen molar-refractivity contribution >= 4 is 17.2 Å². The van der Waals surface area contributed by atoms with Crippen molar-refractivity contribution in [3.05, 3.63) is 35.1 Å². The van der Waals surface area contributed by atoms with E-state index in [1.54, 1.807) is 6.20 Å². The topological polar surface area (TPSA) is 24.9 Å². The lowest BCUT2D eigenvalue weighted by Crippen LogP contribution is -2.34. The zero-order valence-electron chi connectivity index (χ0n) is 9.12. The third-order valence-electron chi connectivity index (χ3n) is 3.70. The van der Waals surface area contributed by atoms with Crippen LogP contribution in [0.1, 0.15) is 18.4 Å². The van der Waals surface area contributed by atoms with Crippen molar-refractivity contribution in [2.45, 2.75) is 12.8 Å². The molecule has 1 aliphatic carbocycles. The molecular formula is C13H15ClN2. The van der Waals surface area contributed by atoms with Gasteiger partial charge in [0.15, 0.2) is 0 Å². The summed E-state index contributed by atoms with van der Waals surface area (Å²) in [7, 11) is 0. The number of nitrogens with one attached hydrogen (secondary N) is 1. The van der Waals surface area contributed by atoms with Crippen LogP contribution in [0.15, 0.2) is 24.5 Å². The minimum absolute atomic E-state index is 0.661. The van der Waals surface area contributed by atoms with Gasteiger partial charge < -0.3 is 5.32 Å². The molecule has 2 aliphatic rings. The molecule has 0 spiro atoms. The molecule has 1 aliphatic heterocycles. The minimum atomic E-state index is 0.661. The number of hydrogen-bond acceptors (Lipinski definition) is 2. The molecule has 16 heavy (non-hydrogen) atoms. The normalized spacial score (nSPS) is 28.7. The summed E-state index contributed by atoms with van der Waals surface area (Å²) >= 11 is 5.99. The molecule has 1 aromatic rings. The SMILES string of the molecule is Clc1cncc(C2=CCC3CCNCC23)c1. The zero-order chi connectivity index (χ0) is 11.0. The van der Waals surface area contributed by atoms with E-state index in [1.807, 2.05) is 12.3 Å². The van der Waals surface area contributed by atoms with E-state index in [0.717, 1.165) is 24.0 Å². The molecule has 3 rings (SSSR count). The Labute approximate surface area is 101 Å². The summed E-state index contributed by atoms with van der Waals surface area (Å²) < 4.78 is 0. The highest BCUT2D eigenvalue weighted by Crippen LogP contribution is 2.41. The first-order valence-electron chi connectivity index (χ1n) is 5.86. The Morgan fingerprint density at radius 3 is 3.19 bits per heavy atom. The second-order valence-corrected chi connectivity index (χ2v) is 5.08. The van der Waals surface area contributed by atoms with E-state index in [2.05, 4.69) is 16.4 Å². The first-order chi connectivity index (χ1) is 7.84. The molecule has 1 fully saturated rings. The number of fused-ring (bicyclic) bond motifs is 1. The molecule has 0 bridgehead atoms. The second-order valence-electron chi connectivity index (χ2n) is 4.65. The van der Waals surface area contributed by atoms with E-state index in [4.69, 9.17) is 11.6 Å². The van der Waals surface area contributed by atoms with Crippen LogP contribution in [0.5, 0.6) is 0 Å². The number of nitrogens with zero attached hydrogens (tertiary/aromatic N) is 1. The average Bonchev–Trinajstić information content (AvgIpc) is 2.72. The van der Waals surface area contributed by atoms with Gasteiger partial charge in [-0.2, -0.15) is 0 Å². The number of aromatic nitrogens is 1. The predicted molar refractivity (Wildman–Crippen MR) is 66.3 cm³/mol. The zero-order valence-corrected chi connectivity index (χ0v) is 9.87. The number of hydrogen-bond donors (Lipinski definition) is 1. The van der Waals surface area contributed by atoms with Crippen molar-refractivity contribution in [1.29, 1.82) is 0 Å². The van der Waals surface area contributed by atoms with Crippen molar-refractivity contribution < 1.29 is 0 Å². The Hall–Kier alpha value is -0.860. The lowest BCUT2D eigenvalue weighted by atomic mass is 9.84. The molecule has 2 unspecified atom stereocenters. The quantitative estimate of drug-likeness (QED) is 0.808. The van der Waals surface area contributed by atoms with E-state index in [9.17, 15) is 0 Å². The summed E-state index contributed by atoms with van der Waals surface area (Å²) in [6.45, 7) is 2.26. The number of rotatable bonds is 1. The third kappa shape index (κ3) is 1.76. The van der Waals surface area contributed by atoms with Gasteiger partial charge in [0.05, 0.1) is 5.02 Å². The van der Waals surface area contributed by atoms with Gasteiger partial charge in [-0.3, -0.25) is 4.98 Å². The second kappa shape index (κ2) is 4.19. The van der Waals surface area contributed by atoms with Crippen molar-refractivity contribution in [2.24, 2.45) is 11.8 Å². The molecule has 84 valence electrons. The molecule has 2 atom stereocenters. The lowest BCUT2D eigenvalue weighted by molar-refractivity contribution is 0.328. The third-order valence-corrected chi connectivity index (χ3v) is 3.91. The van der Waals surface area contributed by atoms with Crippen LogP contribution in [0.2, 0.25) is 5.02 Å². The molecule has 2 heterocycles. The highest BCUT2D eigenvalue weighted by Gasteiger charge is 2.32. The Balaban J connectivity index is 1.90. The van der Waals surface area contributed by atoms with Gasteiger partial charge in [-0.1, -0.05) is 17.7 Å². The maximum atomic E-state index is 5.99. The van der Waals surface area contributed by atoms with Crippen LogP contribution in [0.25, 0.3) is 5.57 Å². The van der Waals surface area contributed by atoms with Gasteiger partial charge in [-0.15, -0.1) is 0 Å². The first-order valence-corrected chi connectivity index (χ1v) is 6.24. The number of allylic oxidation sites excluding steroid dienone is 1. The fourth-order valence-corrected chi connectivity index (χ4v) is 3.06. The van der Waals surface area contributed by atoms with Gasteiger partial charge in [-0.05, 0) is 48.4 Å². The largest absolute Gasteiger partial charge is 0.316 e. The standard InChI is InChI=1S/C13H15ClN2/c14-11-5-10(6-16-7-11)12-2-1-9-3-4-15-8-13(9)12/h2,5-7,9,13,15H,1,3-4,8H2. The van der Waals surface area contributed by atoms with Crippen LogP contribution in [-0.2, 0) is 0 Å². The monoisotopic (exact) mass is 234 g/mol. The van der Waals surface area contributed by atoms with Gasteiger partial charge in [0.2, 0.25) is 0 Å². The fourth-order valence-electron chi connectivity index (χ4n) is 2.89. The number of halogens is 1. The number of pyridine rings is 1.